The summed E-state index contributed by atoms with van der Waals surface area (Å²) < 4.78 is 21.0. The van der Waals surface area contributed by atoms with E-state index in [4.69, 9.17) is 10.6 Å². The number of anilines is 2. The molecule has 4 aromatic rings. The van der Waals surface area contributed by atoms with Crippen LogP contribution in [-0.2, 0) is 6.61 Å². The molecular weight excluding hydrogens is 448 g/mol. The van der Waals surface area contributed by atoms with Crippen molar-refractivity contribution in [1.82, 2.24) is 15.0 Å². The van der Waals surface area contributed by atoms with Crippen molar-refractivity contribution in [3.05, 3.63) is 76.5 Å². The monoisotopic (exact) mass is 465 g/mol. The molecule has 0 atom stereocenters. The van der Waals surface area contributed by atoms with Crippen molar-refractivity contribution in [3.8, 4) is 5.75 Å². The highest BCUT2D eigenvalue weighted by Crippen LogP contribution is 2.30. The van der Waals surface area contributed by atoms with Gasteiger partial charge in [-0.2, -0.15) is 0 Å². The number of hydrogen-bond donors (Lipinski definition) is 1. The number of pyridine rings is 1. The number of aromatic nitrogens is 3. The van der Waals surface area contributed by atoms with Crippen LogP contribution in [0.4, 0.5) is 15.9 Å². The average molecular weight is 466 g/mol. The van der Waals surface area contributed by atoms with Gasteiger partial charge in [0.25, 0.3) is 0 Å². The molecule has 30 heavy (non-hydrogen) atoms. The van der Waals surface area contributed by atoms with Gasteiger partial charge in [0, 0.05) is 21.6 Å². The maximum atomic E-state index is 14.4. The van der Waals surface area contributed by atoms with E-state index in [1.807, 2.05) is 45.1 Å². The van der Waals surface area contributed by atoms with Gasteiger partial charge in [0.2, 0.25) is 0 Å². The van der Waals surface area contributed by atoms with Crippen LogP contribution < -0.4 is 21.1 Å². The van der Waals surface area contributed by atoms with Gasteiger partial charge in [0.15, 0.2) is 5.82 Å². The number of ether oxygens (including phenoxy) is 1. The molecule has 2 aromatic heterocycles. The van der Waals surface area contributed by atoms with Crippen molar-refractivity contribution >= 4 is 51.6 Å². The zero-order valence-corrected chi connectivity index (χ0v) is 18.0. The van der Waals surface area contributed by atoms with Crippen LogP contribution >= 0.6 is 15.9 Å². The zero-order valence-electron chi connectivity index (χ0n) is 16.4. The van der Waals surface area contributed by atoms with E-state index in [-0.39, 0.29) is 5.69 Å². The highest BCUT2D eigenvalue weighted by Gasteiger charge is 2.16. The number of nitrogens with zero attached hydrogens (tertiary/aromatic N) is 4. The lowest BCUT2D eigenvalue weighted by molar-refractivity contribution is 0.304. The topological polar surface area (TPSA) is 77.2 Å². The van der Waals surface area contributed by atoms with Crippen LogP contribution in [-0.4, -0.2) is 22.8 Å². The van der Waals surface area contributed by atoms with E-state index >= 15 is 0 Å². The van der Waals surface area contributed by atoms with Crippen molar-refractivity contribution in [1.29, 1.82) is 0 Å². The maximum Gasteiger partial charge on any atom is 0.158 e. The van der Waals surface area contributed by atoms with Crippen molar-refractivity contribution in [2.45, 2.75) is 13.5 Å². The normalized spacial score (nSPS) is 10.9. The lowest BCUT2D eigenvalue weighted by atomic mass is 9.93. The third-order valence-electron chi connectivity index (χ3n) is 4.63. The van der Waals surface area contributed by atoms with Crippen LogP contribution in [0.1, 0.15) is 11.4 Å². The number of hydrazine groups is 1. The first-order valence-electron chi connectivity index (χ1n) is 9.23. The molecule has 0 saturated carbocycles. The van der Waals surface area contributed by atoms with Crippen LogP contribution in [0.15, 0.2) is 59.3 Å². The summed E-state index contributed by atoms with van der Waals surface area (Å²) in [7, 11) is 1.93. The van der Waals surface area contributed by atoms with Gasteiger partial charge in [-0.15, -0.1) is 0 Å². The van der Waals surface area contributed by atoms with E-state index in [0.717, 1.165) is 16.9 Å². The van der Waals surface area contributed by atoms with Gasteiger partial charge < -0.3 is 4.74 Å². The fraction of sp³-hybridized carbons (Fsp3) is 0.0952. The third-order valence-corrected chi connectivity index (χ3v) is 5.12. The summed E-state index contributed by atoms with van der Waals surface area (Å²) in [5.41, 5.74) is 3.52. The number of benzene rings is 2. The number of nitrogens with two attached hydrogens (primary N) is 1. The second kappa shape index (κ2) is 8.37. The summed E-state index contributed by atoms with van der Waals surface area (Å²) in [4.78, 5) is 13.1. The molecular formula is C21H18BBrFN5O. The molecule has 0 bridgehead atoms. The van der Waals surface area contributed by atoms with E-state index in [2.05, 4.69) is 30.9 Å². The van der Waals surface area contributed by atoms with E-state index < -0.39 is 5.82 Å². The third kappa shape index (κ3) is 4.12. The van der Waals surface area contributed by atoms with Crippen LogP contribution in [0.25, 0.3) is 10.9 Å². The number of fused-ring (bicyclic) bond motifs is 1. The largest absolute Gasteiger partial charge is 0.488 e. The van der Waals surface area contributed by atoms with Crippen molar-refractivity contribution in [3.63, 3.8) is 0 Å². The molecule has 2 aromatic carbocycles. The minimum atomic E-state index is -0.457. The van der Waals surface area contributed by atoms with Gasteiger partial charge in [0.1, 0.15) is 32.3 Å². The van der Waals surface area contributed by atoms with E-state index in [1.54, 1.807) is 12.1 Å². The Hall–Kier alpha value is -3.04. The molecule has 0 aliphatic carbocycles. The summed E-state index contributed by atoms with van der Waals surface area (Å²) in [5, 5.41) is 1.92. The minimum Gasteiger partial charge on any atom is -0.488 e. The second-order valence-electron chi connectivity index (χ2n) is 6.86. The molecule has 0 unspecified atom stereocenters. The van der Waals surface area contributed by atoms with Crippen LogP contribution in [0.2, 0.25) is 0 Å². The van der Waals surface area contributed by atoms with E-state index in [9.17, 15) is 4.39 Å². The van der Waals surface area contributed by atoms with Crippen molar-refractivity contribution < 1.29 is 9.13 Å². The maximum absolute atomic E-state index is 14.4. The molecule has 2 N–H and O–H groups in total. The first kappa shape index (κ1) is 20.2. The molecule has 0 radical (unpaired) electrons. The Morgan fingerprint density at radius 1 is 1.17 bits per heavy atom. The molecule has 150 valence electrons. The number of halogens is 2. The molecule has 6 nitrogen and oxygen atoms in total. The van der Waals surface area contributed by atoms with Gasteiger partial charge in [0.05, 0.1) is 16.9 Å². The lowest BCUT2D eigenvalue weighted by Crippen LogP contribution is -2.27. The quantitative estimate of drug-likeness (QED) is 0.277. The van der Waals surface area contributed by atoms with Crippen molar-refractivity contribution in [2.24, 2.45) is 5.84 Å². The average Bonchev–Trinajstić information content (AvgIpc) is 2.71. The van der Waals surface area contributed by atoms with E-state index in [0.29, 0.717) is 33.5 Å². The fourth-order valence-corrected chi connectivity index (χ4v) is 3.48. The summed E-state index contributed by atoms with van der Waals surface area (Å²) in [6, 6.07) is 14.2. The molecule has 9 heteroatoms. The number of rotatable bonds is 5. The van der Waals surface area contributed by atoms with Gasteiger partial charge in [-0.1, -0.05) is 28.1 Å². The van der Waals surface area contributed by atoms with E-state index in [1.165, 1.54) is 17.4 Å². The molecule has 4 rings (SSSR count). The molecule has 0 aliphatic rings. The first-order valence-corrected chi connectivity index (χ1v) is 10.0. The smallest absolute Gasteiger partial charge is 0.158 e. The minimum absolute atomic E-state index is 0.210. The summed E-state index contributed by atoms with van der Waals surface area (Å²) in [6.45, 7) is 2.29. The molecule has 0 fully saturated rings. The van der Waals surface area contributed by atoms with Crippen LogP contribution in [0.3, 0.4) is 0 Å². The Balaban J connectivity index is 1.67. The zero-order chi connectivity index (χ0) is 21.3. The summed E-state index contributed by atoms with van der Waals surface area (Å²) in [6.07, 6.45) is 1.40. The SMILES string of the molecule is Bc1cc2c(N(N)c3ccc(Br)cc3F)ncnc2cc1OCc1cccc(C)n1. The Kier molecular flexibility index (Phi) is 5.65. The first-order chi connectivity index (χ1) is 14.4. The predicted molar refractivity (Wildman–Crippen MR) is 121 cm³/mol. The Bertz CT molecular complexity index is 1240. The lowest BCUT2D eigenvalue weighted by Gasteiger charge is -2.20. The molecule has 2 heterocycles. The Morgan fingerprint density at radius 3 is 2.77 bits per heavy atom. The summed E-state index contributed by atoms with van der Waals surface area (Å²) in [5.74, 6) is 6.85. The summed E-state index contributed by atoms with van der Waals surface area (Å²) >= 11 is 3.25. The highest BCUT2D eigenvalue weighted by molar-refractivity contribution is 9.10. The molecule has 0 amide bonds. The number of aryl methyl sites for hydroxylation is 1. The van der Waals surface area contributed by atoms with Crippen LogP contribution in [0, 0.1) is 12.7 Å². The molecule has 0 spiro atoms. The molecule has 0 saturated heterocycles. The Morgan fingerprint density at radius 2 is 2.00 bits per heavy atom. The second-order valence-corrected chi connectivity index (χ2v) is 7.77. The Labute approximate surface area is 182 Å². The van der Waals surface area contributed by atoms with Gasteiger partial charge in [-0.25, -0.2) is 20.2 Å². The standard InChI is InChI=1S/C21H18BBrFN5O/c1-12-3-2-4-14(28-12)10-30-20-9-18-15(8-16(20)22)21(27-11-26-18)29(25)19-6-5-13(23)7-17(19)24/h2-9,11H,10,22,25H2,1H3. The molecule has 0 aliphatic heterocycles. The highest BCUT2D eigenvalue weighted by atomic mass is 79.9. The van der Waals surface area contributed by atoms with Gasteiger partial charge in [-0.3, -0.25) is 9.99 Å². The van der Waals surface area contributed by atoms with Crippen LogP contribution in [0.5, 0.6) is 5.75 Å². The fourth-order valence-electron chi connectivity index (χ4n) is 3.15. The number of hydrogen-bond acceptors (Lipinski definition) is 6. The van der Waals surface area contributed by atoms with Gasteiger partial charge in [-0.05, 0) is 42.7 Å². The van der Waals surface area contributed by atoms with Gasteiger partial charge >= 0.3 is 0 Å². The van der Waals surface area contributed by atoms with Crippen molar-refractivity contribution in [2.75, 3.05) is 5.01 Å². The predicted octanol–water partition coefficient (Wildman–Crippen LogP) is 3.08.